The van der Waals surface area contributed by atoms with Crippen LogP contribution >= 0.6 is 11.6 Å². The number of benzene rings is 1. The van der Waals surface area contributed by atoms with Crippen molar-refractivity contribution >= 4 is 23.2 Å². The van der Waals surface area contributed by atoms with Crippen LogP contribution in [-0.2, 0) is 0 Å². The van der Waals surface area contributed by atoms with Crippen LogP contribution in [0.25, 0.3) is 0 Å². The molecule has 1 fully saturated rings. The predicted molar refractivity (Wildman–Crippen MR) is 64.9 cm³/mol. The fourth-order valence-electron chi connectivity index (χ4n) is 1.84. The zero-order chi connectivity index (χ0) is 11.5. The Balaban J connectivity index is 2.21. The molecule has 1 unspecified atom stereocenters. The first kappa shape index (κ1) is 11.2. The summed E-state index contributed by atoms with van der Waals surface area (Å²) in [6, 6.07) is 5.48. The van der Waals surface area contributed by atoms with Crippen molar-refractivity contribution in [3.05, 3.63) is 28.8 Å². The summed E-state index contributed by atoms with van der Waals surface area (Å²) in [4.78, 5) is 11.3. The van der Waals surface area contributed by atoms with Gasteiger partial charge < -0.3 is 16.4 Å². The van der Waals surface area contributed by atoms with Crippen molar-refractivity contribution in [3.8, 4) is 0 Å². The third-order valence-electron chi connectivity index (χ3n) is 2.67. The number of primary amides is 1. The Labute approximate surface area is 99.2 Å². The number of nitrogens with two attached hydrogens (primary N) is 1. The smallest absolute Gasteiger partial charge is 0.250 e. The standard InChI is InChI=1S/C11H14ClN3O/c12-7-1-2-10(9(5-7)11(13)16)15-8-3-4-14-6-8/h1-2,5,8,14-15H,3-4,6H2,(H2,13,16). The van der Waals surface area contributed by atoms with Gasteiger partial charge in [-0.2, -0.15) is 0 Å². The Morgan fingerprint density at radius 1 is 1.56 bits per heavy atom. The molecule has 1 aromatic rings. The van der Waals surface area contributed by atoms with E-state index in [0.29, 0.717) is 16.6 Å². The lowest BCUT2D eigenvalue weighted by atomic mass is 10.1. The summed E-state index contributed by atoms with van der Waals surface area (Å²) < 4.78 is 0. The van der Waals surface area contributed by atoms with Gasteiger partial charge in [-0.25, -0.2) is 0 Å². The molecule has 1 aliphatic rings. The molecular weight excluding hydrogens is 226 g/mol. The first-order chi connectivity index (χ1) is 7.66. The van der Waals surface area contributed by atoms with Crippen molar-refractivity contribution in [2.75, 3.05) is 18.4 Å². The zero-order valence-electron chi connectivity index (χ0n) is 8.79. The molecule has 4 nitrogen and oxygen atoms in total. The first-order valence-electron chi connectivity index (χ1n) is 5.23. The molecule has 4 N–H and O–H groups in total. The molecule has 16 heavy (non-hydrogen) atoms. The Morgan fingerprint density at radius 3 is 3.00 bits per heavy atom. The number of hydrogen-bond donors (Lipinski definition) is 3. The van der Waals surface area contributed by atoms with Crippen LogP contribution in [0.15, 0.2) is 18.2 Å². The minimum atomic E-state index is -0.462. The number of nitrogens with one attached hydrogen (secondary N) is 2. The maximum Gasteiger partial charge on any atom is 0.250 e. The lowest BCUT2D eigenvalue weighted by molar-refractivity contribution is 0.100. The summed E-state index contributed by atoms with van der Waals surface area (Å²) in [6.07, 6.45) is 1.04. The van der Waals surface area contributed by atoms with Gasteiger partial charge in [0, 0.05) is 23.3 Å². The molecule has 0 spiro atoms. The van der Waals surface area contributed by atoms with E-state index in [2.05, 4.69) is 10.6 Å². The van der Waals surface area contributed by atoms with E-state index in [1.807, 2.05) is 0 Å². The molecule has 0 saturated carbocycles. The molecule has 1 atom stereocenters. The van der Waals surface area contributed by atoms with Gasteiger partial charge in [0.1, 0.15) is 0 Å². The number of carbonyl (C=O) groups excluding carboxylic acids is 1. The highest BCUT2D eigenvalue weighted by molar-refractivity contribution is 6.31. The Kier molecular flexibility index (Phi) is 3.31. The second-order valence-electron chi connectivity index (χ2n) is 3.89. The molecule has 1 amide bonds. The van der Waals surface area contributed by atoms with Crippen LogP contribution in [0.4, 0.5) is 5.69 Å². The number of hydrogen-bond acceptors (Lipinski definition) is 3. The van der Waals surface area contributed by atoms with Crippen LogP contribution in [0, 0.1) is 0 Å². The van der Waals surface area contributed by atoms with Gasteiger partial charge in [-0.15, -0.1) is 0 Å². The Morgan fingerprint density at radius 2 is 2.38 bits per heavy atom. The second kappa shape index (κ2) is 4.72. The van der Waals surface area contributed by atoms with Crippen molar-refractivity contribution in [1.82, 2.24) is 5.32 Å². The number of rotatable bonds is 3. The molecule has 1 aromatic carbocycles. The fraction of sp³-hybridized carbons (Fsp3) is 0.364. The molecule has 0 bridgehead atoms. The highest BCUT2D eigenvalue weighted by atomic mass is 35.5. The average molecular weight is 240 g/mol. The largest absolute Gasteiger partial charge is 0.380 e. The quantitative estimate of drug-likeness (QED) is 0.743. The van der Waals surface area contributed by atoms with Gasteiger partial charge in [-0.1, -0.05) is 11.6 Å². The molecule has 0 aliphatic carbocycles. The molecule has 0 aromatic heterocycles. The molecule has 86 valence electrons. The van der Waals surface area contributed by atoms with E-state index in [4.69, 9.17) is 17.3 Å². The Bertz CT molecular complexity index is 402. The molecule has 2 rings (SSSR count). The van der Waals surface area contributed by atoms with Gasteiger partial charge in [0.15, 0.2) is 0 Å². The Hall–Kier alpha value is -1.26. The van der Waals surface area contributed by atoms with Gasteiger partial charge in [0.25, 0.3) is 5.91 Å². The summed E-state index contributed by atoms with van der Waals surface area (Å²) in [5.74, 6) is -0.462. The summed E-state index contributed by atoms with van der Waals surface area (Å²) >= 11 is 5.83. The minimum absolute atomic E-state index is 0.347. The van der Waals surface area contributed by atoms with Crippen molar-refractivity contribution in [2.24, 2.45) is 5.73 Å². The lowest BCUT2D eigenvalue weighted by Gasteiger charge is -2.15. The van der Waals surface area contributed by atoms with Gasteiger partial charge in [0.2, 0.25) is 0 Å². The summed E-state index contributed by atoms with van der Waals surface area (Å²) in [6.45, 7) is 1.90. The lowest BCUT2D eigenvalue weighted by Crippen LogP contribution is -2.24. The molecule has 1 saturated heterocycles. The monoisotopic (exact) mass is 239 g/mol. The fourth-order valence-corrected chi connectivity index (χ4v) is 2.02. The zero-order valence-corrected chi connectivity index (χ0v) is 9.55. The molecule has 1 heterocycles. The van der Waals surface area contributed by atoms with Crippen LogP contribution in [-0.4, -0.2) is 25.0 Å². The predicted octanol–water partition coefficient (Wildman–Crippen LogP) is 1.21. The van der Waals surface area contributed by atoms with E-state index in [-0.39, 0.29) is 0 Å². The number of carbonyl (C=O) groups is 1. The minimum Gasteiger partial charge on any atom is -0.380 e. The molecule has 5 heteroatoms. The van der Waals surface area contributed by atoms with E-state index >= 15 is 0 Å². The van der Waals surface area contributed by atoms with E-state index < -0.39 is 5.91 Å². The number of amides is 1. The van der Waals surface area contributed by atoms with E-state index in [1.54, 1.807) is 18.2 Å². The average Bonchev–Trinajstić information content (AvgIpc) is 2.73. The highest BCUT2D eigenvalue weighted by Crippen LogP contribution is 2.21. The molecule has 1 aliphatic heterocycles. The molecule has 0 radical (unpaired) electrons. The third kappa shape index (κ3) is 2.46. The normalized spacial score (nSPS) is 19.7. The first-order valence-corrected chi connectivity index (χ1v) is 5.61. The topological polar surface area (TPSA) is 67.2 Å². The van der Waals surface area contributed by atoms with Crippen LogP contribution in [0.5, 0.6) is 0 Å². The van der Waals surface area contributed by atoms with Crippen molar-refractivity contribution in [2.45, 2.75) is 12.5 Å². The molecular formula is C11H14ClN3O. The SMILES string of the molecule is NC(=O)c1cc(Cl)ccc1NC1CCNC1. The summed E-state index contributed by atoms with van der Waals surface area (Å²) in [5, 5.41) is 7.06. The van der Waals surface area contributed by atoms with Crippen molar-refractivity contribution < 1.29 is 4.79 Å². The highest BCUT2D eigenvalue weighted by Gasteiger charge is 2.16. The summed E-state index contributed by atoms with van der Waals surface area (Å²) in [7, 11) is 0. The maximum atomic E-state index is 11.3. The van der Waals surface area contributed by atoms with E-state index in [0.717, 1.165) is 25.2 Å². The van der Waals surface area contributed by atoms with Gasteiger partial charge in [0.05, 0.1) is 5.56 Å². The van der Waals surface area contributed by atoms with Crippen LogP contribution in [0.2, 0.25) is 5.02 Å². The second-order valence-corrected chi connectivity index (χ2v) is 4.32. The third-order valence-corrected chi connectivity index (χ3v) is 2.90. The van der Waals surface area contributed by atoms with Crippen LogP contribution < -0.4 is 16.4 Å². The van der Waals surface area contributed by atoms with Crippen molar-refractivity contribution in [3.63, 3.8) is 0 Å². The van der Waals surface area contributed by atoms with E-state index in [1.165, 1.54) is 0 Å². The van der Waals surface area contributed by atoms with Crippen molar-refractivity contribution in [1.29, 1.82) is 0 Å². The maximum absolute atomic E-state index is 11.3. The number of anilines is 1. The van der Waals surface area contributed by atoms with Gasteiger partial charge in [-0.3, -0.25) is 4.79 Å². The van der Waals surface area contributed by atoms with Gasteiger partial charge in [-0.05, 0) is 31.2 Å². The number of halogens is 1. The summed E-state index contributed by atoms with van der Waals surface area (Å²) in [5.41, 5.74) is 6.50. The van der Waals surface area contributed by atoms with Crippen LogP contribution in [0.3, 0.4) is 0 Å². The van der Waals surface area contributed by atoms with Crippen LogP contribution in [0.1, 0.15) is 16.8 Å². The van der Waals surface area contributed by atoms with Gasteiger partial charge >= 0.3 is 0 Å². The van der Waals surface area contributed by atoms with E-state index in [9.17, 15) is 4.79 Å².